The Balaban J connectivity index is 2.28. The molecule has 9 heteroatoms. The number of pyridine rings is 1. The van der Waals surface area contributed by atoms with E-state index in [1.165, 1.54) is 0 Å². The smallest absolute Gasteiger partial charge is 0.382 e. The number of nitrogens with two attached hydrogens (primary N) is 1. The zero-order valence-corrected chi connectivity index (χ0v) is 11.6. The number of nitrogens with zero attached hydrogens (tertiary/aromatic N) is 2. The van der Waals surface area contributed by atoms with Crippen LogP contribution in [0.5, 0.6) is 0 Å². The molecule has 1 atom stereocenters. The highest BCUT2D eigenvalue weighted by Crippen LogP contribution is 2.48. The maximum absolute atomic E-state index is 13.2. The summed E-state index contributed by atoms with van der Waals surface area (Å²) in [4.78, 5) is 12.3. The van der Waals surface area contributed by atoms with Gasteiger partial charge in [0.15, 0.2) is 5.82 Å². The number of anilines is 1. The van der Waals surface area contributed by atoms with Gasteiger partial charge in [-0.05, 0) is 34.7 Å². The molecule has 2 aromatic rings. The topological polar surface area (TPSA) is 76.7 Å². The van der Waals surface area contributed by atoms with Crippen LogP contribution >= 0.6 is 15.9 Å². The first-order chi connectivity index (χ1) is 9.30. The summed E-state index contributed by atoms with van der Waals surface area (Å²) in [7, 11) is 0. The van der Waals surface area contributed by atoms with Crippen LogP contribution in [0.3, 0.4) is 0 Å². The van der Waals surface area contributed by atoms with E-state index in [4.69, 9.17) is 5.73 Å². The Morgan fingerprint density at radius 1 is 1.50 bits per heavy atom. The highest BCUT2D eigenvalue weighted by atomic mass is 79.9. The normalized spacial score (nSPS) is 17.6. The van der Waals surface area contributed by atoms with Crippen LogP contribution in [0.1, 0.15) is 18.9 Å². The lowest BCUT2D eigenvalue weighted by atomic mass is 10.1. The largest absolute Gasteiger partial charge is 0.409 e. The fourth-order valence-corrected chi connectivity index (χ4v) is 2.90. The molecule has 3 rings (SSSR count). The number of hydrogen-bond acceptors (Lipinski definition) is 3. The van der Waals surface area contributed by atoms with Gasteiger partial charge in [0, 0.05) is 6.20 Å². The van der Waals surface area contributed by atoms with Gasteiger partial charge >= 0.3 is 6.18 Å². The van der Waals surface area contributed by atoms with Crippen LogP contribution in [0.2, 0.25) is 0 Å². The van der Waals surface area contributed by atoms with Gasteiger partial charge in [-0.3, -0.25) is 9.89 Å². The second-order valence-corrected chi connectivity index (χ2v) is 5.73. The molecule has 0 amide bonds. The van der Waals surface area contributed by atoms with Crippen LogP contribution in [-0.2, 0) is 0 Å². The molecule has 108 valence electrons. The van der Waals surface area contributed by atoms with Crippen molar-refractivity contribution in [3.05, 3.63) is 21.0 Å². The van der Waals surface area contributed by atoms with E-state index >= 15 is 0 Å². The molecule has 1 unspecified atom stereocenters. The van der Waals surface area contributed by atoms with Gasteiger partial charge in [0.05, 0.1) is 9.99 Å². The van der Waals surface area contributed by atoms with Crippen LogP contribution in [-0.4, -0.2) is 20.9 Å². The minimum atomic E-state index is -4.48. The van der Waals surface area contributed by atoms with Gasteiger partial charge in [0.25, 0.3) is 5.56 Å². The molecule has 1 aliphatic carbocycles. The highest BCUT2D eigenvalue weighted by molar-refractivity contribution is 9.10. The van der Waals surface area contributed by atoms with Gasteiger partial charge in [0.2, 0.25) is 0 Å². The fourth-order valence-electron chi connectivity index (χ4n) is 2.39. The Kier molecular flexibility index (Phi) is 2.86. The van der Waals surface area contributed by atoms with Crippen molar-refractivity contribution >= 4 is 32.7 Å². The number of fused-ring (bicyclic) bond motifs is 1. The molecule has 2 aromatic heterocycles. The van der Waals surface area contributed by atoms with Gasteiger partial charge < -0.3 is 10.3 Å². The third-order valence-electron chi connectivity index (χ3n) is 3.44. The van der Waals surface area contributed by atoms with Crippen molar-refractivity contribution in [1.29, 1.82) is 0 Å². The van der Waals surface area contributed by atoms with Crippen LogP contribution in [0.15, 0.2) is 15.5 Å². The molecular weight excluding hydrogens is 341 g/mol. The molecule has 1 aliphatic rings. The molecule has 1 fully saturated rings. The summed E-state index contributed by atoms with van der Waals surface area (Å²) in [5, 5.41) is 6.18. The summed E-state index contributed by atoms with van der Waals surface area (Å²) in [6, 6.07) is -1.81. The van der Waals surface area contributed by atoms with E-state index in [2.05, 4.69) is 26.1 Å². The average Bonchev–Trinajstić information content (AvgIpc) is 3.06. The molecular formula is C11H10BrF3N4O. The third-order valence-corrected chi connectivity index (χ3v) is 4.04. The van der Waals surface area contributed by atoms with E-state index in [1.807, 2.05) is 0 Å². The number of halogens is 4. The number of H-pyrrole nitrogens is 1. The minimum absolute atomic E-state index is 0.0192. The summed E-state index contributed by atoms with van der Waals surface area (Å²) in [5.74, 6) is -0.651. The van der Waals surface area contributed by atoms with Gasteiger partial charge in [-0.1, -0.05) is 0 Å². The Morgan fingerprint density at radius 3 is 2.70 bits per heavy atom. The molecule has 3 N–H and O–H groups in total. The zero-order chi connectivity index (χ0) is 14.7. The minimum Gasteiger partial charge on any atom is -0.382 e. The van der Waals surface area contributed by atoms with Crippen molar-refractivity contribution in [2.45, 2.75) is 25.1 Å². The van der Waals surface area contributed by atoms with E-state index < -0.39 is 23.7 Å². The Hall–Kier alpha value is -1.51. The number of nitrogens with one attached hydrogen (secondary N) is 1. The Labute approximate surface area is 119 Å². The summed E-state index contributed by atoms with van der Waals surface area (Å²) in [6.45, 7) is 0. The molecule has 5 nitrogen and oxygen atoms in total. The van der Waals surface area contributed by atoms with Crippen molar-refractivity contribution in [3.8, 4) is 0 Å². The van der Waals surface area contributed by atoms with E-state index in [0.717, 1.165) is 10.8 Å². The Bertz CT molecular complexity index is 732. The first kappa shape index (κ1) is 13.5. The second-order valence-electron chi connectivity index (χ2n) is 4.87. The monoisotopic (exact) mass is 350 g/mol. The Morgan fingerprint density at radius 2 is 2.15 bits per heavy atom. The number of rotatable bonds is 2. The third kappa shape index (κ3) is 2.00. The van der Waals surface area contributed by atoms with Crippen molar-refractivity contribution in [2.24, 2.45) is 5.92 Å². The molecule has 0 bridgehead atoms. The first-order valence-electron chi connectivity index (χ1n) is 5.91. The van der Waals surface area contributed by atoms with E-state index in [0.29, 0.717) is 22.8 Å². The van der Waals surface area contributed by atoms with Gasteiger partial charge in [0.1, 0.15) is 11.4 Å². The molecule has 1 saturated carbocycles. The number of nitrogen functional groups attached to an aromatic ring is 1. The van der Waals surface area contributed by atoms with E-state index in [1.54, 1.807) is 0 Å². The standard InChI is InChI=1S/C11H10BrF3N4O/c12-5-3-19(8(4-1-2-4)11(13,14)15)10(20)6-7(5)17-18-9(6)16/h3-4,8H,1-2H2,(H3,16,17,18). The SMILES string of the molecule is Nc1n[nH]c2c(Br)cn(C(C3CC3)C(F)(F)F)c(=O)c12. The molecule has 0 radical (unpaired) electrons. The summed E-state index contributed by atoms with van der Waals surface area (Å²) in [5.41, 5.74) is 5.09. The lowest BCUT2D eigenvalue weighted by Gasteiger charge is -2.22. The summed E-state index contributed by atoms with van der Waals surface area (Å²) in [6.07, 6.45) is -2.39. The lowest BCUT2D eigenvalue weighted by molar-refractivity contribution is -0.173. The number of aromatic amines is 1. The molecule has 0 saturated heterocycles. The van der Waals surface area contributed by atoms with Crippen molar-refractivity contribution < 1.29 is 13.2 Å². The van der Waals surface area contributed by atoms with Gasteiger partial charge in [-0.2, -0.15) is 18.3 Å². The molecule has 20 heavy (non-hydrogen) atoms. The highest BCUT2D eigenvalue weighted by Gasteiger charge is 2.50. The predicted octanol–water partition coefficient (Wildman–Crippen LogP) is 2.58. The van der Waals surface area contributed by atoms with E-state index in [-0.39, 0.29) is 11.2 Å². The molecule has 0 aromatic carbocycles. The van der Waals surface area contributed by atoms with Crippen LogP contribution < -0.4 is 11.3 Å². The molecule has 0 aliphatic heterocycles. The fraction of sp³-hybridized carbons (Fsp3) is 0.455. The van der Waals surface area contributed by atoms with Crippen LogP contribution in [0, 0.1) is 5.92 Å². The lowest BCUT2D eigenvalue weighted by Crippen LogP contribution is -2.35. The van der Waals surface area contributed by atoms with Gasteiger partial charge in [-0.25, -0.2) is 0 Å². The first-order valence-corrected chi connectivity index (χ1v) is 6.71. The number of aromatic nitrogens is 3. The van der Waals surface area contributed by atoms with Crippen LogP contribution in [0.25, 0.3) is 10.9 Å². The summed E-state index contributed by atoms with van der Waals surface area (Å²) >= 11 is 3.15. The predicted molar refractivity (Wildman–Crippen MR) is 70.3 cm³/mol. The van der Waals surface area contributed by atoms with Crippen LogP contribution in [0.4, 0.5) is 19.0 Å². The summed E-state index contributed by atoms with van der Waals surface area (Å²) < 4.78 is 40.7. The van der Waals surface area contributed by atoms with Crippen molar-refractivity contribution in [3.63, 3.8) is 0 Å². The molecule has 2 heterocycles. The zero-order valence-electron chi connectivity index (χ0n) is 10.0. The van der Waals surface area contributed by atoms with Gasteiger partial charge in [-0.15, -0.1) is 0 Å². The van der Waals surface area contributed by atoms with Crippen molar-refractivity contribution in [1.82, 2.24) is 14.8 Å². The van der Waals surface area contributed by atoms with E-state index in [9.17, 15) is 18.0 Å². The maximum atomic E-state index is 13.2. The quantitative estimate of drug-likeness (QED) is 0.873. The average molecular weight is 351 g/mol. The number of hydrogen-bond donors (Lipinski definition) is 2. The maximum Gasteiger partial charge on any atom is 0.409 e. The molecule has 0 spiro atoms. The van der Waals surface area contributed by atoms with Crippen molar-refractivity contribution in [2.75, 3.05) is 5.73 Å². The second kappa shape index (κ2) is 4.24. The number of alkyl halides is 3.